The van der Waals surface area contributed by atoms with Crippen LogP contribution in [-0.2, 0) is 20.7 Å². The van der Waals surface area contributed by atoms with E-state index < -0.39 is 35.3 Å². The number of carbonyl (C=O) groups is 2. The highest BCUT2D eigenvalue weighted by atomic mass is 16.6. The largest absolute Gasteiger partial charge is 0.467 e. The minimum atomic E-state index is -0.869. The highest BCUT2D eigenvalue weighted by Gasteiger charge is 2.29. The van der Waals surface area contributed by atoms with Gasteiger partial charge in [-0.3, -0.25) is 14.9 Å². The second-order valence-electron chi connectivity index (χ2n) is 6.12. The van der Waals surface area contributed by atoms with Gasteiger partial charge in [-0.25, -0.2) is 4.79 Å². The molecule has 0 saturated carbocycles. The van der Waals surface area contributed by atoms with Gasteiger partial charge in [0.2, 0.25) is 12.5 Å². The number of nitrogens with zero attached hydrogens (tertiary/aromatic N) is 1. The fourth-order valence-electron chi connectivity index (χ4n) is 2.49. The summed E-state index contributed by atoms with van der Waals surface area (Å²) in [7, 11) is 1.25. The lowest BCUT2D eigenvalue weighted by Crippen LogP contribution is -2.47. The Hall–Kier alpha value is -2.44. The van der Waals surface area contributed by atoms with E-state index in [0.717, 1.165) is 5.56 Å². The molecule has 132 valence electrons. The van der Waals surface area contributed by atoms with Crippen molar-refractivity contribution in [1.29, 1.82) is 0 Å². The van der Waals surface area contributed by atoms with Crippen LogP contribution in [0.5, 0.6) is 0 Å². The summed E-state index contributed by atoms with van der Waals surface area (Å²) < 4.78 is 4.74. The monoisotopic (exact) mass is 336 g/mol. The molecule has 0 aromatic heterocycles. The predicted molar refractivity (Wildman–Crippen MR) is 88.9 cm³/mol. The number of nitrogens with one attached hydrogen (secondary N) is 1. The molecular weight excluding hydrogens is 312 g/mol. The molecule has 1 aromatic rings. The first kappa shape index (κ1) is 19.6. The molecule has 0 radical (unpaired) electrons. The quantitative estimate of drug-likeness (QED) is 0.421. The first-order valence-corrected chi connectivity index (χ1v) is 7.87. The number of carbonyl (C=O) groups excluding carboxylic acids is 2. The van der Waals surface area contributed by atoms with E-state index in [1.165, 1.54) is 7.11 Å². The minimum Gasteiger partial charge on any atom is -0.467 e. The molecule has 0 aliphatic heterocycles. The van der Waals surface area contributed by atoms with Crippen LogP contribution in [-0.4, -0.2) is 36.5 Å². The van der Waals surface area contributed by atoms with Crippen LogP contribution in [0, 0.1) is 22.0 Å². The lowest BCUT2D eigenvalue weighted by molar-refractivity contribution is -0.486. The van der Waals surface area contributed by atoms with Crippen LogP contribution < -0.4 is 5.32 Å². The molecule has 0 unspecified atom stereocenters. The van der Waals surface area contributed by atoms with Gasteiger partial charge in [0.25, 0.3) is 0 Å². The summed E-state index contributed by atoms with van der Waals surface area (Å²) in [6, 6.07) is 8.33. The SMILES string of the molecule is COC(=O)[C@H](Cc1ccccc1)NC(=O)[C@@H](CC(C)C)C[N+](=O)[O-]. The van der Waals surface area contributed by atoms with E-state index in [-0.39, 0.29) is 12.3 Å². The molecule has 0 heterocycles. The van der Waals surface area contributed by atoms with Crippen molar-refractivity contribution in [2.45, 2.75) is 32.7 Å². The van der Waals surface area contributed by atoms with Crippen LogP contribution in [0.4, 0.5) is 0 Å². The molecule has 0 spiro atoms. The normalized spacial score (nSPS) is 13.2. The van der Waals surface area contributed by atoms with E-state index in [0.29, 0.717) is 6.42 Å². The first-order chi connectivity index (χ1) is 11.3. The van der Waals surface area contributed by atoms with Gasteiger partial charge >= 0.3 is 5.97 Å². The van der Waals surface area contributed by atoms with Gasteiger partial charge in [-0.2, -0.15) is 0 Å². The summed E-state index contributed by atoms with van der Waals surface area (Å²) in [6.45, 7) is 3.33. The van der Waals surface area contributed by atoms with Crippen molar-refractivity contribution >= 4 is 11.9 Å². The fourth-order valence-corrected chi connectivity index (χ4v) is 2.49. The summed E-state index contributed by atoms with van der Waals surface area (Å²) in [6.07, 6.45) is 0.651. The Labute approximate surface area is 141 Å². The maximum absolute atomic E-state index is 12.4. The zero-order valence-corrected chi connectivity index (χ0v) is 14.2. The molecule has 24 heavy (non-hydrogen) atoms. The number of amides is 1. The van der Waals surface area contributed by atoms with E-state index in [4.69, 9.17) is 4.74 Å². The second kappa shape index (κ2) is 9.64. The lowest BCUT2D eigenvalue weighted by Gasteiger charge is -2.20. The topological polar surface area (TPSA) is 98.5 Å². The third-order valence-corrected chi connectivity index (χ3v) is 3.58. The lowest BCUT2D eigenvalue weighted by atomic mass is 9.95. The van der Waals surface area contributed by atoms with Crippen LogP contribution in [0.3, 0.4) is 0 Å². The summed E-state index contributed by atoms with van der Waals surface area (Å²) in [5, 5.41) is 13.4. The molecule has 0 bridgehead atoms. The molecule has 2 atom stereocenters. The zero-order valence-electron chi connectivity index (χ0n) is 14.2. The standard InChI is InChI=1S/C17H24N2O5/c1-12(2)9-14(11-19(22)23)16(20)18-15(17(21)24-3)10-13-7-5-4-6-8-13/h4-8,12,14-15H,9-11H2,1-3H3,(H,18,20)/t14-,15-/m0/s1. The van der Waals surface area contributed by atoms with Crippen LogP contribution in [0.25, 0.3) is 0 Å². The number of nitro groups is 1. The number of benzene rings is 1. The van der Waals surface area contributed by atoms with E-state index in [1.807, 2.05) is 44.2 Å². The average Bonchev–Trinajstić information content (AvgIpc) is 2.52. The molecule has 1 rings (SSSR count). The van der Waals surface area contributed by atoms with Crippen molar-refractivity contribution in [3.05, 3.63) is 46.0 Å². The molecule has 0 saturated heterocycles. The Bertz CT molecular complexity index is 559. The maximum atomic E-state index is 12.4. The highest BCUT2D eigenvalue weighted by Crippen LogP contribution is 2.13. The Kier molecular flexibility index (Phi) is 7.88. The molecular formula is C17H24N2O5. The van der Waals surface area contributed by atoms with E-state index in [1.54, 1.807) is 0 Å². The van der Waals surface area contributed by atoms with Gasteiger partial charge in [0.1, 0.15) is 12.0 Å². The Balaban J connectivity index is 2.84. The molecule has 1 aromatic carbocycles. The van der Waals surface area contributed by atoms with Gasteiger partial charge in [-0.15, -0.1) is 0 Å². The Morgan fingerprint density at radius 2 is 1.88 bits per heavy atom. The van der Waals surface area contributed by atoms with Crippen molar-refractivity contribution in [2.24, 2.45) is 11.8 Å². The van der Waals surface area contributed by atoms with Crippen molar-refractivity contribution in [1.82, 2.24) is 5.32 Å². The van der Waals surface area contributed by atoms with Gasteiger partial charge in [0, 0.05) is 11.3 Å². The number of esters is 1. The van der Waals surface area contributed by atoms with Crippen molar-refractivity contribution < 1.29 is 19.2 Å². The molecule has 7 heteroatoms. The summed E-state index contributed by atoms with van der Waals surface area (Å²) in [4.78, 5) is 34.7. The fraction of sp³-hybridized carbons (Fsp3) is 0.529. The Morgan fingerprint density at radius 1 is 1.25 bits per heavy atom. The molecule has 7 nitrogen and oxygen atoms in total. The van der Waals surface area contributed by atoms with E-state index in [9.17, 15) is 19.7 Å². The molecule has 1 N–H and O–H groups in total. The zero-order chi connectivity index (χ0) is 18.1. The van der Waals surface area contributed by atoms with E-state index in [2.05, 4.69) is 5.32 Å². The number of hydrogen-bond acceptors (Lipinski definition) is 5. The first-order valence-electron chi connectivity index (χ1n) is 7.87. The Morgan fingerprint density at radius 3 is 2.38 bits per heavy atom. The summed E-state index contributed by atoms with van der Waals surface area (Å²) in [5.41, 5.74) is 0.864. The van der Waals surface area contributed by atoms with E-state index >= 15 is 0 Å². The predicted octanol–water partition coefficient (Wildman–Crippen LogP) is 1.83. The third-order valence-electron chi connectivity index (χ3n) is 3.58. The second-order valence-corrected chi connectivity index (χ2v) is 6.12. The molecule has 1 amide bonds. The van der Waals surface area contributed by atoms with Crippen molar-refractivity contribution in [3.63, 3.8) is 0 Å². The van der Waals surface area contributed by atoms with Crippen LogP contribution in [0.1, 0.15) is 25.8 Å². The van der Waals surface area contributed by atoms with Gasteiger partial charge in [-0.1, -0.05) is 44.2 Å². The number of ether oxygens (including phenoxy) is 1. The average molecular weight is 336 g/mol. The summed E-state index contributed by atoms with van der Waals surface area (Å²) >= 11 is 0. The third kappa shape index (κ3) is 6.76. The van der Waals surface area contributed by atoms with Crippen molar-refractivity contribution in [2.75, 3.05) is 13.7 Å². The van der Waals surface area contributed by atoms with Crippen LogP contribution in [0.2, 0.25) is 0 Å². The van der Waals surface area contributed by atoms with Crippen molar-refractivity contribution in [3.8, 4) is 0 Å². The number of hydrogen-bond donors (Lipinski definition) is 1. The summed E-state index contributed by atoms with van der Waals surface area (Å²) in [5.74, 6) is -1.71. The minimum absolute atomic E-state index is 0.131. The van der Waals surface area contributed by atoms with Gasteiger partial charge in [0.05, 0.1) is 7.11 Å². The maximum Gasteiger partial charge on any atom is 0.328 e. The van der Waals surface area contributed by atoms with Gasteiger partial charge < -0.3 is 10.1 Å². The van der Waals surface area contributed by atoms with Gasteiger partial charge in [0.15, 0.2) is 0 Å². The number of methoxy groups -OCH3 is 1. The van der Waals surface area contributed by atoms with Crippen LogP contribution in [0.15, 0.2) is 30.3 Å². The number of rotatable bonds is 9. The smallest absolute Gasteiger partial charge is 0.328 e. The highest BCUT2D eigenvalue weighted by molar-refractivity contribution is 5.86. The van der Waals surface area contributed by atoms with Crippen LogP contribution >= 0.6 is 0 Å². The molecule has 0 fully saturated rings. The molecule has 0 aliphatic carbocycles. The molecule has 0 aliphatic rings. The van der Waals surface area contributed by atoms with Gasteiger partial charge in [-0.05, 0) is 17.9 Å².